The number of esters is 1. The summed E-state index contributed by atoms with van der Waals surface area (Å²) in [5, 5.41) is 3.02. The van der Waals surface area contributed by atoms with Crippen LogP contribution in [0.5, 0.6) is 0 Å². The van der Waals surface area contributed by atoms with Crippen molar-refractivity contribution in [3.05, 3.63) is 78.1 Å². The number of nitrogens with one attached hydrogen (secondary N) is 1. The molecule has 1 atom stereocenters. The lowest BCUT2D eigenvalue weighted by Gasteiger charge is -2.29. The molecule has 192 valence electrons. The van der Waals surface area contributed by atoms with Crippen molar-refractivity contribution in [1.82, 2.24) is 9.97 Å². The Hall–Kier alpha value is -3.06. The molecule has 1 unspecified atom stereocenters. The molecule has 0 amide bonds. The van der Waals surface area contributed by atoms with Crippen LogP contribution in [-0.4, -0.2) is 40.5 Å². The fourth-order valence-electron chi connectivity index (χ4n) is 3.51. The zero-order chi connectivity index (χ0) is 26.2. The smallest absolute Gasteiger partial charge is 0.364 e. The second-order valence-corrected chi connectivity index (χ2v) is 11.1. The first-order valence-corrected chi connectivity index (χ1v) is 13.6. The maximum atomic E-state index is 13.7. The molecule has 0 bridgehead atoms. The van der Waals surface area contributed by atoms with E-state index in [0.717, 1.165) is 11.1 Å². The molecule has 0 spiro atoms. The minimum absolute atomic E-state index is 0.0910. The highest BCUT2D eigenvalue weighted by Gasteiger charge is 2.44. The number of hydrogen-bond acceptors (Lipinski definition) is 8. The zero-order valence-corrected chi connectivity index (χ0v) is 22.3. The highest BCUT2D eigenvalue weighted by molar-refractivity contribution is 7.55. The van der Waals surface area contributed by atoms with Crippen LogP contribution in [0.3, 0.4) is 0 Å². The van der Waals surface area contributed by atoms with Crippen molar-refractivity contribution in [2.75, 3.05) is 18.5 Å². The van der Waals surface area contributed by atoms with Gasteiger partial charge >= 0.3 is 13.6 Å². The minimum atomic E-state index is -3.96. The third-order valence-electron chi connectivity index (χ3n) is 4.97. The molecule has 0 saturated heterocycles. The largest absolute Gasteiger partial charge is 0.458 e. The first-order valence-electron chi connectivity index (χ1n) is 12.0. The van der Waals surface area contributed by atoms with E-state index in [4.69, 9.17) is 18.8 Å². The molecule has 0 aliphatic carbocycles. The lowest BCUT2D eigenvalue weighted by Crippen LogP contribution is -2.38. The standard InChI is InChI=1S/C27H34N3O5P/c1-6-33-36(32,34-7-2)25(26(31)35-27(3,4)5)30-24-22(18-20-14-10-8-11-15-20)29-23(19-28-24)21-16-12-9-13-17-21/h8-17,19,25H,6-7,18H2,1-5H3,(H,28,30). The molecule has 0 fully saturated rings. The van der Waals surface area contributed by atoms with Gasteiger partial charge in [-0.1, -0.05) is 60.7 Å². The van der Waals surface area contributed by atoms with Gasteiger partial charge in [-0.05, 0) is 40.2 Å². The molecule has 1 heterocycles. The molecule has 3 aromatic rings. The van der Waals surface area contributed by atoms with Crippen molar-refractivity contribution in [2.45, 2.75) is 52.4 Å². The Morgan fingerprint density at radius 2 is 1.56 bits per heavy atom. The molecule has 1 N–H and O–H groups in total. The average molecular weight is 512 g/mol. The van der Waals surface area contributed by atoms with Crippen molar-refractivity contribution >= 4 is 19.4 Å². The van der Waals surface area contributed by atoms with Crippen molar-refractivity contribution < 1.29 is 23.1 Å². The van der Waals surface area contributed by atoms with Gasteiger partial charge in [-0.15, -0.1) is 0 Å². The number of hydrogen-bond donors (Lipinski definition) is 1. The summed E-state index contributed by atoms with van der Waals surface area (Å²) in [7, 11) is -3.96. The molecule has 0 aliphatic heterocycles. The lowest BCUT2D eigenvalue weighted by atomic mass is 10.1. The van der Waals surface area contributed by atoms with Gasteiger partial charge in [-0.3, -0.25) is 4.57 Å². The second-order valence-electron chi connectivity index (χ2n) is 9.03. The number of rotatable bonds is 11. The van der Waals surface area contributed by atoms with Gasteiger partial charge in [0.2, 0.25) is 5.78 Å². The van der Waals surface area contributed by atoms with Crippen molar-refractivity contribution in [1.29, 1.82) is 0 Å². The van der Waals surface area contributed by atoms with Crippen LogP contribution in [-0.2, 0) is 29.6 Å². The van der Waals surface area contributed by atoms with Gasteiger partial charge in [0.05, 0.1) is 30.8 Å². The topological polar surface area (TPSA) is 99.6 Å². The van der Waals surface area contributed by atoms with Crippen LogP contribution >= 0.6 is 7.60 Å². The third kappa shape index (κ3) is 7.47. The Bertz CT molecular complexity index is 1170. The molecule has 36 heavy (non-hydrogen) atoms. The molecule has 1 aromatic heterocycles. The summed E-state index contributed by atoms with van der Waals surface area (Å²) in [5.41, 5.74) is 2.36. The van der Waals surface area contributed by atoms with E-state index in [2.05, 4.69) is 10.3 Å². The van der Waals surface area contributed by atoms with Crippen LogP contribution in [0.1, 0.15) is 45.9 Å². The quantitative estimate of drug-likeness (QED) is 0.244. The Morgan fingerprint density at radius 3 is 2.11 bits per heavy atom. The van der Waals surface area contributed by atoms with Crippen molar-refractivity contribution in [3.63, 3.8) is 0 Å². The molecule has 0 saturated carbocycles. The first kappa shape index (κ1) is 27.5. The van der Waals surface area contributed by atoms with Crippen LogP contribution in [0.15, 0.2) is 66.9 Å². The number of benzene rings is 2. The van der Waals surface area contributed by atoms with Gasteiger partial charge in [0.15, 0.2) is 0 Å². The van der Waals surface area contributed by atoms with E-state index < -0.39 is 24.9 Å². The van der Waals surface area contributed by atoms with Crippen LogP contribution in [0.2, 0.25) is 0 Å². The lowest BCUT2D eigenvalue weighted by molar-refractivity contribution is -0.154. The Morgan fingerprint density at radius 1 is 0.972 bits per heavy atom. The van der Waals surface area contributed by atoms with Crippen LogP contribution in [0.4, 0.5) is 5.82 Å². The molecular formula is C27H34N3O5P. The van der Waals surface area contributed by atoms with E-state index in [1.807, 2.05) is 60.7 Å². The summed E-state index contributed by atoms with van der Waals surface area (Å²) in [6, 6.07) is 19.5. The van der Waals surface area contributed by atoms with Gasteiger partial charge in [0, 0.05) is 12.0 Å². The summed E-state index contributed by atoms with van der Waals surface area (Å²) in [6.07, 6.45) is 2.05. The summed E-state index contributed by atoms with van der Waals surface area (Å²) in [5.74, 6) is -1.88. The molecule has 8 nitrogen and oxygen atoms in total. The number of carbonyl (C=O) groups is 1. The highest BCUT2D eigenvalue weighted by atomic mass is 31.2. The van der Waals surface area contributed by atoms with E-state index in [1.54, 1.807) is 40.8 Å². The summed E-state index contributed by atoms with van der Waals surface area (Å²) >= 11 is 0. The SMILES string of the molecule is CCOP(=O)(OCC)C(Nc1ncc(-c2ccccc2)nc1Cc1ccccc1)C(=O)OC(C)(C)C. The maximum absolute atomic E-state index is 13.7. The fourth-order valence-corrected chi connectivity index (χ4v) is 5.19. The summed E-state index contributed by atoms with van der Waals surface area (Å²) in [4.78, 5) is 22.7. The highest BCUT2D eigenvalue weighted by Crippen LogP contribution is 2.53. The normalized spacial score (nSPS) is 12.7. The molecule has 9 heteroatoms. The molecule has 2 aromatic carbocycles. The first-order chi connectivity index (χ1) is 17.1. The van der Waals surface area contributed by atoms with E-state index in [-0.39, 0.29) is 13.2 Å². The third-order valence-corrected chi connectivity index (χ3v) is 7.17. The predicted molar refractivity (Wildman–Crippen MR) is 141 cm³/mol. The number of anilines is 1. The number of aromatic nitrogens is 2. The van der Waals surface area contributed by atoms with Crippen LogP contribution in [0.25, 0.3) is 11.3 Å². The predicted octanol–water partition coefficient (Wildman–Crippen LogP) is 6.08. The van der Waals surface area contributed by atoms with Gasteiger partial charge < -0.3 is 19.1 Å². The Kier molecular flexibility index (Phi) is 9.37. The number of ether oxygens (including phenoxy) is 1. The van der Waals surface area contributed by atoms with E-state index in [1.165, 1.54) is 0 Å². The van der Waals surface area contributed by atoms with E-state index in [9.17, 15) is 9.36 Å². The molecule has 0 radical (unpaired) electrons. The Balaban J connectivity index is 2.07. The van der Waals surface area contributed by atoms with Crippen molar-refractivity contribution in [3.8, 4) is 11.3 Å². The molecule has 3 rings (SSSR count). The van der Waals surface area contributed by atoms with Gasteiger partial charge in [-0.25, -0.2) is 14.8 Å². The van der Waals surface area contributed by atoms with Gasteiger partial charge in [0.25, 0.3) is 0 Å². The minimum Gasteiger partial charge on any atom is -0.458 e. The van der Waals surface area contributed by atoms with E-state index >= 15 is 0 Å². The monoisotopic (exact) mass is 511 g/mol. The average Bonchev–Trinajstić information content (AvgIpc) is 2.83. The summed E-state index contributed by atoms with van der Waals surface area (Å²) in [6.45, 7) is 8.78. The number of carbonyl (C=O) groups excluding carboxylic acids is 1. The Labute approximate surface area is 213 Å². The van der Waals surface area contributed by atoms with Gasteiger partial charge in [0.1, 0.15) is 11.4 Å². The van der Waals surface area contributed by atoms with Crippen molar-refractivity contribution in [2.24, 2.45) is 0 Å². The van der Waals surface area contributed by atoms with Gasteiger partial charge in [-0.2, -0.15) is 0 Å². The fraction of sp³-hybridized carbons (Fsp3) is 0.370. The number of nitrogens with zero attached hydrogens (tertiary/aromatic N) is 2. The zero-order valence-electron chi connectivity index (χ0n) is 21.4. The molecular weight excluding hydrogens is 477 g/mol. The summed E-state index contributed by atoms with van der Waals surface area (Å²) < 4.78 is 30.4. The van der Waals surface area contributed by atoms with Crippen LogP contribution < -0.4 is 5.32 Å². The molecule has 0 aliphatic rings. The van der Waals surface area contributed by atoms with Crippen LogP contribution in [0, 0.1) is 0 Å². The van der Waals surface area contributed by atoms with E-state index in [0.29, 0.717) is 23.6 Å². The maximum Gasteiger partial charge on any atom is 0.364 e. The second kappa shape index (κ2) is 12.3.